The number of fused-ring (bicyclic) bond motifs is 2. The highest BCUT2D eigenvalue weighted by Crippen LogP contribution is 2.32. The molecule has 4 nitrogen and oxygen atoms in total. The van der Waals surface area contributed by atoms with Crippen LogP contribution in [0.3, 0.4) is 0 Å². The van der Waals surface area contributed by atoms with Gasteiger partial charge in [-0.1, -0.05) is 36.4 Å². The first-order valence-electron chi connectivity index (χ1n) is 9.71. The molecule has 4 aromatic rings. The van der Waals surface area contributed by atoms with E-state index in [4.69, 9.17) is 0 Å². The van der Waals surface area contributed by atoms with E-state index in [1.807, 2.05) is 72.8 Å². The third kappa shape index (κ3) is 3.25. The van der Waals surface area contributed by atoms with Crippen molar-refractivity contribution in [3.63, 3.8) is 0 Å². The maximum atomic E-state index is 13.1. The molecule has 2 N–H and O–H groups in total. The van der Waals surface area contributed by atoms with E-state index in [0.717, 1.165) is 22.7 Å². The molecular formula is C26H18N2O2. The van der Waals surface area contributed by atoms with E-state index in [1.165, 1.54) is 0 Å². The number of anilines is 4. The molecule has 0 radical (unpaired) electrons. The number of nitrogens with one attached hydrogen (secondary N) is 2. The smallest absolute Gasteiger partial charge is 0.194 e. The van der Waals surface area contributed by atoms with Crippen LogP contribution in [0.5, 0.6) is 0 Å². The normalized spacial score (nSPS) is 12.1. The minimum absolute atomic E-state index is 0.137. The lowest BCUT2D eigenvalue weighted by Crippen LogP contribution is -2.21. The molecule has 5 rings (SSSR count). The molecule has 0 spiro atoms. The Morgan fingerprint density at radius 3 is 1.20 bits per heavy atom. The fraction of sp³-hybridized carbons (Fsp3) is 0. The van der Waals surface area contributed by atoms with Gasteiger partial charge < -0.3 is 10.6 Å². The second kappa shape index (κ2) is 7.33. The van der Waals surface area contributed by atoms with Crippen LogP contribution in [0.4, 0.5) is 22.7 Å². The number of ketones is 2. The maximum Gasteiger partial charge on any atom is 0.194 e. The lowest BCUT2D eigenvalue weighted by atomic mass is 9.83. The predicted molar refractivity (Wildman–Crippen MR) is 119 cm³/mol. The van der Waals surface area contributed by atoms with Crippen LogP contribution in [0.25, 0.3) is 0 Å². The summed E-state index contributed by atoms with van der Waals surface area (Å²) in [6.07, 6.45) is 0. The van der Waals surface area contributed by atoms with E-state index in [0.29, 0.717) is 22.3 Å². The topological polar surface area (TPSA) is 58.2 Å². The van der Waals surface area contributed by atoms with Crippen molar-refractivity contribution >= 4 is 34.3 Å². The van der Waals surface area contributed by atoms with Gasteiger partial charge in [0.05, 0.1) is 0 Å². The monoisotopic (exact) mass is 390 g/mol. The van der Waals surface area contributed by atoms with Crippen molar-refractivity contribution < 1.29 is 9.59 Å². The predicted octanol–water partition coefficient (Wildman–Crippen LogP) is 5.95. The van der Waals surface area contributed by atoms with Crippen LogP contribution >= 0.6 is 0 Å². The Bertz CT molecular complexity index is 1160. The molecule has 0 saturated carbocycles. The maximum absolute atomic E-state index is 13.1. The minimum atomic E-state index is -0.137. The molecule has 30 heavy (non-hydrogen) atoms. The first kappa shape index (κ1) is 17.9. The Morgan fingerprint density at radius 1 is 0.400 bits per heavy atom. The molecule has 4 heteroatoms. The van der Waals surface area contributed by atoms with Crippen LogP contribution in [0, 0.1) is 0 Å². The molecule has 144 valence electrons. The molecular weight excluding hydrogens is 372 g/mol. The van der Waals surface area contributed by atoms with Crippen molar-refractivity contribution in [2.24, 2.45) is 0 Å². The SMILES string of the molecule is O=C1c2ccc(Nc3ccccc3)cc2C(=O)c2ccc(Nc3ccccc3)cc21. The Kier molecular flexibility index (Phi) is 4.37. The number of rotatable bonds is 4. The molecule has 0 aromatic heterocycles. The zero-order chi connectivity index (χ0) is 20.5. The number of para-hydroxylation sites is 2. The highest BCUT2D eigenvalue weighted by Gasteiger charge is 2.30. The summed E-state index contributed by atoms with van der Waals surface area (Å²) in [7, 11) is 0. The number of hydrogen-bond donors (Lipinski definition) is 2. The fourth-order valence-electron chi connectivity index (χ4n) is 3.68. The molecule has 0 bridgehead atoms. The molecule has 4 aromatic carbocycles. The van der Waals surface area contributed by atoms with Crippen LogP contribution in [0.15, 0.2) is 97.1 Å². The largest absolute Gasteiger partial charge is 0.356 e. The average Bonchev–Trinajstić information content (AvgIpc) is 2.79. The van der Waals surface area contributed by atoms with Crippen molar-refractivity contribution in [1.29, 1.82) is 0 Å². The summed E-state index contributed by atoms with van der Waals surface area (Å²) in [5.74, 6) is -0.273. The fourth-order valence-corrected chi connectivity index (χ4v) is 3.68. The Balaban J connectivity index is 1.48. The van der Waals surface area contributed by atoms with Gasteiger partial charge in [0, 0.05) is 45.0 Å². The number of benzene rings is 4. The molecule has 0 saturated heterocycles. The van der Waals surface area contributed by atoms with E-state index >= 15 is 0 Å². The van der Waals surface area contributed by atoms with Gasteiger partial charge in [-0.3, -0.25) is 9.59 Å². The summed E-state index contributed by atoms with van der Waals surface area (Å²) in [6.45, 7) is 0. The van der Waals surface area contributed by atoms with Gasteiger partial charge >= 0.3 is 0 Å². The number of carbonyl (C=O) groups is 2. The molecule has 0 atom stereocenters. The Hall–Kier alpha value is -4.18. The van der Waals surface area contributed by atoms with Gasteiger partial charge in [0.15, 0.2) is 11.6 Å². The molecule has 0 aliphatic heterocycles. The van der Waals surface area contributed by atoms with E-state index in [2.05, 4.69) is 10.6 Å². The quantitative estimate of drug-likeness (QED) is 0.398. The highest BCUT2D eigenvalue weighted by atomic mass is 16.1. The number of carbonyl (C=O) groups excluding carboxylic acids is 2. The first-order chi connectivity index (χ1) is 14.7. The summed E-state index contributed by atoms with van der Waals surface area (Å²) in [5, 5.41) is 6.55. The van der Waals surface area contributed by atoms with Gasteiger partial charge in [0.25, 0.3) is 0 Å². The van der Waals surface area contributed by atoms with Gasteiger partial charge in [0.2, 0.25) is 0 Å². The van der Waals surface area contributed by atoms with E-state index in [1.54, 1.807) is 24.3 Å². The molecule has 0 heterocycles. The summed E-state index contributed by atoms with van der Waals surface area (Å²) in [4.78, 5) is 26.3. The zero-order valence-electron chi connectivity index (χ0n) is 16.1. The Morgan fingerprint density at radius 2 is 0.800 bits per heavy atom. The molecule has 0 amide bonds. The standard InChI is InChI=1S/C26H18N2O2/c29-25-22-14-12-20(28-18-9-5-2-6-10-18)16-24(22)26(30)21-13-11-19(15-23(21)25)27-17-7-3-1-4-8-17/h1-16,27-28H. The summed E-state index contributed by atoms with van der Waals surface area (Å²) in [5.41, 5.74) is 5.10. The lowest BCUT2D eigenvalue weighted by Gasteiger charge is -2.20. The van der Waals surface area contributed by atoms with Gasteiger partial charge in [-0.2, -0.15) is 0 Å². The lowest BCUT2D eigenvalue weighted by molar-refractivity contribution is 0.0979. The van der Waals surface area contributed by atoms with Crippen LogP contribution < -0.4 is 10.6 Å². The van der Waals surface area contributed by atoms with Crippen LogP contribution in [0.1, 0.15) is 31.8 Å². The van der Waals surface area contributed by atoms with E-state index in [-0.39, 0.29) is 11.6 Å². The van der Waals surface area contributed by atoms with E-state index in [9.17, 15) is 9.59 Å². The van der Waals surface area contributed by atoms with Gasteiger partial charge in [-0.15, -0.1) is 0 Å². The average molecular weight is 390 g/mol. The van der Waals surface area contributed by atoms with Crippen LogP contribution in [0.2, 0.25) is 0 Å². The summed E-state index contributed by atoms with van der Waals surface area (Å²) < 4.78 is 0. The van der Waals surface area contributed by atoms with E-state index < -0.39 is 0 Å². The van der Waals surface area contributed by atoms with Gasteiger partial charge in [-0.05, 0) is 60.7 Å². The van der Waals surface area contributed by atoms with Crippen molar-refractivity contribution in [1.82, 2.24) is 0 Å². The van der Waals surface area contributed by atoms with Crippen LogP contribution in [-0.2, 0) is 0 Å². The van der Waals surface area contributed by atoms with Gasteiger partial charge in [0.1, 0.15) is 0 Å². The third-order valence-corrected chi connectivity index (χ3v) is 5.14. The minimum Gasteiger partial charge on any atom is -0.356 e. The molecule has 0 unspecified atom stereocenters. The third-order valence-electron chi connectivity index (χ3n) is 5.14. The highest BCUT2D eigenvalue weighted by molar-refractivity contribution is 6.28. The first-order valence-corrected chi connectivity index (χ1v) is 9.71. The molecule has 1 aliphatic carbocycles. The van der Waals surface area contributed by atoms with Crippen molar-refractivity contribution in [3.05, 3.63) is 119 Å². The molecule has 1 aliphatic rings. The van der Waals surface area contributed by atoms with Crippen molar-refractivity contribution in [3.8, 4) is 0 Å². The zero-order valence-corrected chi connectivity index (χ0v) is 16.1. The van der Waals surface area contributed by atoms with Gasteiger partial charge in [-0.25, -0.2) is 0 Å². The second-order valence-electron chi connectivity index (χ2n) is 7.16. The van der Waals surface area contributed by atoms with Crippen LogP contribution in [-0.4, -0.2) is 11.6 Å². The van der Waals surface area contributed by atoms with Crippen molar-refractivity contribution in [2.75, 3.05) is 10.6 Å². The number of hydrogen-bond acceptors (Lipinski definition) is 4. The summed E-state index contributed by atoms with van der Waals surface area (Å²) in [6, 6.07) is 30.0. The summed E-state index contributed by atoms with van der Waals surface area (Å²) >= 11 is 0. The second-order valence-corrected chi connectivity index (χ2v) is 7.16. The van der Waals surface area contributed by atoms with Crippen molar-refractivity contribution in [2.45, 2.75) is 0 Å². The Labute approximate surface area is 174 Å². The molecule has 0 fully saturated rings.